The maximum Gasteiger partial charge on any atom is 0.210 e. The van der Waals surface area contributed by atoms with Crippen LogP contribution in [-0.2, 0) is 9.84 Å². The molecule has 6 heteroatoms. The third-order valence-corrected chi connectivity index (χ3v) is 4.42. The van der Waals surface area contributed by atoms with Crippen LogP contribution in [0.25, 0.3) is 0 Å². The Morgan fingerprint density at radius 3 is 2.36 bits per heavy atom. The third-order valence-electron chi connectivity index (χ3n) is 2.71. The zero-order valence-corrected chi connectivity index (χ0v) is 9.00. The molecule has 0 spiro atoms. The van der Waals surface area contributed by atoms with Crippen molar-refractivity contribution in [3.8, 4) is 0 Å². The minimum atomic E-state index is -2.84. The summed E-state index contributed by atoms with van der Waals surface area (Å²) in [5, 5.41) is 10.4. The van der Waals surface area contributed by atoms with Crippen molar-refractivity contribution in [1.29, 1.82) is 0 Å². The smallest absolute Gasteiger partial charge is 0.210 e. The van der Waals surface area contributed by atoms with Crippen molar-refractivity contribution < 1.29 is 13.3 Å². The van der Waals surface area contributed by atoms with Gasteiger partial charge in [-0.1, -0.05) is 0 Å². The average molecular weight is 221 g/mol. The van der Waals surface area contributed by atoms with Gasteiger partial charge >= 0.3 is 0 Å². The van der Waals surface area contributed by atoms with E-state index in [1.54, 1.807) is 6.92 Å². The fraction of sp³-hybridized carbons (Fsp3) is 1.00. The van der Waals surface area contributed by atoms with Gasteiger partial charge in [0.15, 0.2) is 0 Å². The first-order chi connectivity index (χ1) is 6.41. The van der Waals surface area contributed by atoms with Gasteiger partial charge in [-0.2, -0.15) is 0 Å². The molecule has 0 saturated carbocycles. The van der Waals surface area contributed by atoms with E-state index in [2.05, 4.69) is 0 Å². The fourth-order valence-corrected chi connectivity index (χ4v) is 3.33. The molecule has 0 bridgehead atoms. The van der Waals surface area contributed by atoms with Gasteiger partial charge in [0.25, 0.3) is 0 Å². The Morgan fingerprint density at radius 2 is 1.93 bits per heavy atom. The second kappa shape index (κ2) is 4.25. The number of sulfone groups is 1. The number of nitro groups is 1. The van der Waals surface area contributed by atoms with Gasteiger partial charge in [0.05, 0.1) is 11.5 Å². The van der Waals surface area contributed by atoms with E-state index >= 15 is 0 Å². The monoisotopic (exact) mass is 221 g/mol. The van der Waals surface area contributed by atoms with Crippen LogP contribution in [0.15, 0.2) is 0 Å². The zero-order chi connectivity index (χ0) is 10.8. The molecule has 1 heterocycles. The Bertz CT molecular complexity index is 297. The molecule has 0 aliphatic carbocycles. The molecule has 0 radical (unpaired) electrons. The first-order valence-corrected chi connectivity index (χ1v) is 6.57. The molecule has 0 amide bonds. The van der Waals surface area contributed by atoms with Crippen molar-refractivity contribution in [2.24, 2.45) is 5.92 Å². The van der Waals surface area contributed by atoms with E-state index in [9.17, 15) is 18.5 Å². The van der Waals surface area contributed by atoms with E-state index in [-0.39, 0.29) is 22.3 Å². The van der Waals surface area contributed by atoms with Gasteiger partial charge < -0.3 is 0 Å². The summed E-state index contributed by atoms with van der Waals surface area (Å²) in [7, 11) is -2.84. The summed E-state index contributed by atoms with van der Waals surface area (Å²) < 4.78 is 22.2. The Hall–Kier alpha value is -0.650. The number of hydrogen-bond donors (Lipinski definition) is 0. The highest BCUT2D eigenvalue weighted by molar-refractivity contribution is 7.91. The van der Waals surface area contributed by atoms with E-state index in [0.29, 0.717) is 19.3 Å². The van der Waals surface area contributed by atoms with E-state index in [0.717, 1.165) is 0 Å². The van der Waals surface area contributed by atoms with Crippen molar-refractivity contribution in [3.05, 3.63) is 10.1 Å². The highest BCUT2D eigenvalue weighted by atomic mass is 32.2. The normalized spacial score (nSPS) is 24.4. The topological polar surface area (TPSA) is 77.3 Å². The molecular formula is C8H15NO4S. The van der Waals surface area contributed by atoms with E-state index in [4.69, 9.17) is 0 Å². The number of rotatable bonds is 3. The van der Waals surface area contributed by atoms with Crippen molar-refractivity contribution in [1.82, 2.24) is 0 Å². The molecule has 0 aromatic rings. The van der Waals surface area contributed by atoms with Gasteiger partial charge in [-0.05, 0) is 18.8 Å². The molecule has 1 rings (SSSR count). The number of hydrogen-bond acceptors (Lipinski definition) is 4. The van der Waals surface area contributed by atoms with Gasteiger partial charge in [-0.3, -0.25) is 10.1 Å². The molecule has 0 aromatic carbocycles. The Morgan fingerprint density at radius 1 is 1.43 bits per heavy atom. The summed E-state index contributed by atoms with van der Waals surface area (Å²) >= 11 is 0. The molecule has 1 aliphatic heterocycles. The Balaban J connectivity index is 2.40. The summed E-state index contributed by atoms with van der Waals surface area (Å²) in [5.74, 6) is 0.600. The minimum absolute atomic E-state index is 0.197. The molecule has 5 nitrogen and oxygen atoms in total. The van der Waals surface area contributed by atoms with Crippen LogP contribution in [0.3, 0.4) is 0 Å². The minimum Gasteiger partial charge on any atom is -0.264 e. The van der Waals surface area contributed by atoms with Crippen LogP contribution in [0.4, 0.5) is 0 Å². The van der Waals surface area contributed by atoms with Crippen LogP contribution in [0.2, 0.25) is 0 Å². The Labute approximate surface area is 83.6 Å². The molecule has 14 heavy (non-hydrogen) atoms. The lowest BCUT2D eigenvalue weighted by Crippen LogP contribution is -2.27. The quantitative estimate of drug-likeness (QED) is 0.523. The maximum absolute atomic E-state index is 11.1. The summed E-state index contributed by atoms with van der Waals surface area (Å²) in [6.07, 6.45) is 1.67. The van der Waals surface area contributed by atoms with Crippen molar-refractivity contribution in [3.63, 3.8) is 0 Å². The van der Waals surface area contributed by atoms with Crippen LogP contribution >= 0.6 is 0 Å². The van der Waals surface area contributed by atoms with Crippen LogP contribution in [0.5, 0.6) is 0 Å². The van der Waals surface area contributed by atoms with Crippen LogP contribution in [0.1, 0.15) is 26.2 Å². The predicted octanol–water partition coefficient (Wildman–Crippen LogP) is 0.867. The van der Waals surface area contributed by atoms with Crippen LogP contribution in [0, 0.1) is 16.0 Å². The van der Waals surface area contributed by atoms with Gasteiger partial charge in [0, 0.05) is 18.3 Å². The molecule has 1 unspecified atom stereocenters. The SMILES string of the molecule is CC(CC1CCS(=O)(=O)CC1)[N+](=O)[O-]. The second-order valence-electron chi connectivity index (χ2n) is 3.97. The van der Waals surface area contributed by atoms with Crippen molar-refractivity contribution in [2.45, 2.75) is 32.2 Å². The Kier molecular flexibility index (Phi) is 3.47. The summed E-state index contributed by atoms with van der Waals surface area (Å²) in [5.41, 5.74) is 0. The lowest BCUT2D eigenvalue weighted by atomic mass is 9.95. The molecular weight excluding hydrogens is 206 g/mol. The fourth-order valence-electron chi connectivity index (χ4n) is 1.74. The first-order valence-electron chi connectivity index (χ1n) is 4.74. The molecule has 0 N–H and O–H groups in total. The molecule has 0 aromatic heterocycles. The van der Waals surface area contributed by atoms with Gasteiger partial charge in [-0.25, -0.2) is 8.42 Å². The van der Waals surface area contributed by atoms with Crippen molar-refractivity contribution in [2.75, 3.05) is 11.5 Å². The second-order valence-corrected chi connectivity index (χ2v) is 6.27. The highest BCUT2D eigenvalue weighted by Crippen LogP contribution is 2.23. The number of nitrogens with zero attached hydrogens (tertiary/aromatic N) is 1. The van der Waals surface area contributed by atoms with Gasteiger partial charge in [0.2, 0.25) is 6.04 Å². The summed E-state index contributed by atoms with van der Waals surface area (Å²) in [6.45, 7) is 1.57. The zero-order valence-electron chi connectivity index (χ0n) is 8.18. The van der Waals surface area contributed by atoms with Gasteiger partial charge in [0.1, 0.15) is 9.84 Å². The van der Waals surface area contributed by atoms with E-state index in [1.165, 1.54) is 0 Å². The molecule has 1 fully saturated rings. The van der Waals surface area contributed by atoms with E-state index < -0.39 is 15.9 Å². The third kappa shape index (κ3) is 3.25. The largest absolute Gasteiger partial charge is 0.264 e. The standard InChI is InChI=1S/C8H15NO4S/c1-7(9(10)11)6-8-2-4-14(12,13)5-3-8/h7-8H,2-6H2,1H3. The molecule has 1 saturated heterocycles. The predicted molar refractivity (Wildman–Crippen MR) is 52.5 cm³/mol. The van der Waals surface area contributed by atoms with Crippen LogP contribution in [-0.4, -0.2) is 30.9 Å². The first kappa shape index (κ1) is 11.4. The lowest BCUT2D eigenvalue weighted by Gasteiger charge is -2.21. The maximum atomic E-state index is 11.1. The highest BCUT2D eigenvalue weighted by Gasteiger charge is 2.27. The lowest BCUT2D eigenvalue weighted by molar-refractivity contribution is -0.520. The molecule has 1 aliphatic rings. The van der Waals surface area contributed by atoms with Gasteiger partial charge in [-0.15, -0.1) is 0 Å². The average Bonchev–Trinajstić information content (AvgIpc) is 2.08. The molecule has 82 valence electrons. The van der Waals surface area contributed by atoms with Crippen molar-refractivity contribution >= 4 is 9.84 Å². The van der Waals surface area contributed by atoms with E-state index in [1.807, 2.05) is 0 Å². The summed E-state index contributed by atoms with van der Waals surface area (Å²) in [4.78, 5) is 10.1. The molecule has 1 atom stereocenters. The van der Waals surface area contributed by atoms with Crippen LogP contribution < -0.4 is 0 Å². The summed E-state index contributed by atoms with van der Waals surface area (Å²) in [6, 6.07) is -0.555.